The average molecular weight is 633 g/mol. The highest BCUT2D eigenvalue weighted by atomic mass is 32.2. The summed E-state index contributed by atoms with van der Waals surface area (Å²) < 4.78 is 13.0. The normalized spacial score (nSPS) is 17.7. The zero-order valence-corrected chi connectivity index (χ0v) is 26.1. The molecule has 1 saturated heterocycles. The summed E-state index contributed by atoms with van der Waals surface area (Å²) in [5.41, 5.74) is 7.01. The van der Waals surface area contributed by atoms with Gasteiger partial charge in [-0.05, 0) is 45.5 Å². The van der Waals surface area contributed by atoms with Crippen LogP contribution in [0.25, 0.3) is 11.1 Å². The first-order valence-electron chi connectivity index (χ1n) is 15.3. The average Bonchev–Trinajstić information content (AvgIpc) is 3.13. The topological polar surface area (TPSA) is 106 Å². The lowest BCUT2D eigenvalue weighted by Crippen LogP contribution is -2.34. The van der Waals surface area contributed by atoms with Gasteiger partial charge in [0.1, 0.15) is 0 Å². The largest absolute Gasteiger partial charge is 0.392 e. The first-order chi connectivity index (χ1) is 22.6. The van der Waals surface area contributed by atoms with E-state index in [4.69, 9.17) is 9.47 Å². The minimum atomic E-state index is -0.544. The van der Waals surface area contributed by atoms with E-state index in [0.29, 0.717) is 30.4 Å². The lowest BCUT2D eigenvalue weighted by atomic mass is 9.99. The van der Waals surface area contributed by atoms with Gasteiger partial charge in [0, 0.05) is 43.2 Å². The van der Waals surface area contributed by atoms with Crippen molar-refractivity contribution in [2.45, 2.75) is 49.8 Å². The van der Waals surface area contributed by atoms with Crippen molar-refractivity contribution in [1.82, 2.24) is 20.6 Å². The van der Waals surface area contributed by atoms with Crippen LogP contribution in [-0.2, 0) is 29.2 Å². The van der Waals surface area contributed by atoms with Gasteiger partial charge in [-0.2, -0.15) is 0 Å². The van der Waals surface area contributed by atoms with Gasteiger partial charge in [0.2, 0.25) is 0 Å². The van der Waals surface area contributed by atoms with Gasteiger partial charge in [-0.1, -0.05) is 109 Å². The van der Waals surface area contributed by atoms with Crippen molar-refractivity contribution in [2.75, 3.05) is 5.75 Å². The summed E-state index contributed by atoms with van der Waals surface area (Å²) in [6.45, 7) is 0.902. The summed E-state index contributed by atoms with van der Waals surface area (Å²) in [5, 5.41) is 16.0. The van der Waals surface area contributed by atoms with E-state index in [1.165, 1.54) is 0 Å². The molecule has 0 radical (unpaired) electrons. The van der Waals surface area contributed by atoms with Crippen molar-refractivity contribution in [3.63, 3.8) is 0 Å². The molecule has 2 heterocycles. The number of nitrogens with zero attached hydrogens (tertiary/aromatic N) is 2. The Balaban J connectivity index is 1.11. The Kier molecular flexibility index (Phi) is 10.7. The standard InChI is InChI=1S/C37H36N4O4S/c42-24-27-10-12-30(13-11-27)34-21-33(25-46-37-38-18-5-19-39-37)44-35(45-34)31-16-14-29(15-17-31)32-9-4-8-28(20-32)23-41-36(43)40-22-26-6-2-1-3-7-26/h1-20,33-35,42H,21-25H2,(H2,40,41,43)/t33-,34+,35+/m0/s1. The number of amides is 2. The maximum atomic E-state index is 12.3. The van der Waals surface area contributed by atoms with Gasteiger partial charge in [0.25, 0.3) is 0 Å². The van der Waals surface area contributed by atoms with Crippen molar-refractivity contribution < 1.29 is 19.4 Å². The van der Waals surface area contributed by atoms with E-state index in [-0.39, 0.29) is 24.8 Å². The number of rotatable bonds is 11. The van der Waals surface area contributed by atoms with Crippen LogP contribution >= 0.6 is 11.8 Å². The number of urea groups is 1. The maximum Gasteiger partial charge on any atom is 0.315 e. The molecule has 0 unspecified atom stereocenters. The van der Waals surface area contributed by atoms with Crippen LogP contribution in [0.15, 0.2) is 127 Å². The molecule has 8 nitrogen and oxygen atoms in total. The van der Waals surface area contributed by atoms with Crippen molar-refractivity contribution in [2.24, 2.45) is 0 Å². The predicted molar refractivity (Wildman–Crippen MR) is 179 cm³/mol. The monoisotopic (exact) mass is 632 g/mol. The van der Waals surface area contributed by atoms with Crippen LogP contribution in [0.4, 0.5) is 4.79 Å². The van der Waals surface area contributed by atoms with Crippen LogP contribution in [0.2, 0.25) is 0 Å². The minimum absolute atomic E-state index is 0.00371. The molecule has 234 valence electrons. The lowest BCUT2D eigenvalue weighted by molar-refractivity contribution is -0.245. The van der Waals surface area contributed by atoms with E-state index in [2.05, 4.69) is 44.9 Å². The highest BCUT2D eigenvalue weighted by molar-refractivity contribution is 7.99. The van der Waals surface area contributed by atoms with Crippen molar-refractivity contribution in [3.05, 3.63) is 149 Å². The van der Waals surface area contributed by atoms with Crippen LogP contribution < -0.4 is 10.6 Å². The van der Waals surface area contributed by atoms with Gasteiger partial charge in [-0.15, -0.1) is 0 Å². The van der Waals surface area contributed by atoms with Gasteiger partial charge in [-0.3, -0.25) is 0 Å². The minimum Gasteiger partial charge on any atom is -0.392 e. The zero-order chi connectivity index (χ0) is 31.6. The second-order valence-electron chi connectivity index (χ2n) is 11.0. The summed E-state index contributed by atoms with van der Waals surface area (Å²) >= 11 is 1.57. The number of ether oxygens (including phenoxy) is 2. The van der Waals surface area contributed by atoms with Crippen LogP contribution in [-0.4, -0.2) is 33.0 Å². The Morgan fingerprint density at radius 3 is 2.17 bits per heavy atom. The summed E-state index contributed by atoms with van der Waals surface area (Å²) in [7, 11) is 0. The Labute approximate surface area is 273 Å². The van der Waals surface area contributed by atoms with Crippen molar-refractivity contribution >= 4 is 17.8 Å². The van der Waals surface area contributed by atoms with E-state index in [9.17, 15) is 9.90 Å². The molecule has 5 aromatic rings. The first kappa shape index (κ1) is 31.4. The Morgan fingerprint density at radius 2 is 1.43 bits per heavy atom. The van der Waals surface area contributed by atoms with Crippen LogP contribution in [0, 0.1) is 0 Å². The van der Waals surface area contributed by atoms with E-state index < -0.39 is 6.29 Å². The number of aliphatic hydroxyl groups is 1. The third-order valence-electron chi connectivity index (χ3n) is 7.75. The molecule has 1 aliphatic rings. The summed E-state index contributed by atoms with van der Waals surface area (Å²) in [4.78, 5) is 21.0. The van der Waals surface area contributed by atoms with E-state index in [1.54, 1.807) is 30.2 Å². The molecule has 0 saturated carbocycles. The smallest absolute Gasteiger partial charge is 0.315 e. The number of carbonyl (C=O) groups is 1. The first-order valence-corrected chi connectivity index (χ1v) is 16.3. The summed E-state index contributed by atoms with van der Waals surface area (Å²) in [5.74, 6) is 0.693. The van der Waals surface area contributed by atoms with Crippen molar-refractivity contribution in [1.29, 1.82) is 0 Å². The number of nitrogens with one attached hydrogen (secondary N) is 2. The predicted octanol–water partition coefficient (Wildman–Crippen LogP) is 6.97. The van der Waals surface area contributed by atoms with Gasteiger partial charge in [0.05, 0.1) is 18.8 Å². The number of hydrogen-bond acceptors (Lipinski definition) is 7. The number of carbonyl (C=O) groups excluding carboxylic acids is 1. The highest BCUT2D eigenvalue weighted by Crippen LogP contribution is 2.39. The Morgan fingerprint density at radius 1 is 0.739 bits per heavy atom. The molecule has 3 atom stereocenters. The summed E-state index contributed by atoms with van der Waals surface area (Å²) in [6.07, 6.45) is 3.39. The van der Waals surface area contributed by atoms with Crippen LogP contribution in [0.5, 0.6) is 0 Å². The fourth-order valence-corrected chi connectivity index (χ4v) is 6.09. The number of thioether (sulfide) groups is 1. The number of aromatic nitrogens is 2. The van der Waals surface area contributed by atoms with Gasteiger partial charge in [-0.25, -0.2) is 14.8 Å². The van der Waals surface area contributed by atoms with Gasteiger partial charge >= 0.3 is 6.03 Å². The molecule has 46 heavy (non-hydrogen) atoms. The van der Waals surface area contributed by atoms with Gasteiger partial charge < -0.3 is 25.2 Å². The van der Waals surface area contributed by atoms with E-state index in [0.717, 1.165) is 38.9 Å². The fourth-order valence-electron chi connectivity index (χ4n) is 5.27. The van der Waals surface area contributed by atoms with Crippen molar-refractivity contribution in [3.8, 4) is 11.1 Å². The molecule has 0 bridgehead atoms. The third-order valence-corrected chi connectivity index (χ3v) is 8.75. The number of hydrogen-bond donors (Lipinski definition) is 3. The molecular weight excluding hydrogens is 596 g/mol. The molecule has 0 spiro atoms. The quantitative estimate of drug-likeness (QED) is 0.107. The molecule has 1 fully saturated rings. The maximum absolute atomic E-state index is 12.3. The SMILES string of the molecule is O=C(NCc1ccccc1)NCc1cccc(-c2ccc([C@@H]3O[C@H](CSc4ncccn4)C[C@H](c4ccc(CO)cc4)O3)cc2)c1. The molecule has 6 rings (SSSR count). The number of aliphatic hydroxyl groups excluding tert-OH is 1. The van der Waals surface area contributed by atoms with E-state index >= 15 is 0 Å². The van der Waals surface area contributed by atoms with Gasteiger partial charge in [0.15, 0.2) is 11.4 Å². The molecule has 0 aliphatic carbocycles. The fraction of sp³-hybridized carbons (Fsp3) is 0.216. The Bertz CT molecular complexity index is 1690. The molecular formula is C37H36N4O4S. The molecule has 9 heteroatoms. The second-order valence-corrected chi connectivity index (χ2v) is 12.0. The Hall–Kier alpha value is -4.54. The van der Waals surface area contributed by atoms with E-state index in [1.807, 2.05) is 78.9 Å². The third kappa shape index (κ3) is 8.58. The molecule has 3 N–H and O–H groups in total. The summed E-state index contributed by atoms with van der Waals surface area (Å²) in [6, 6.07) is 35.7. The molecule has 2 amide bonds. The molecule has 1 aromatic heterocycles. The number of benzene rings is 4. The second kappa shape index (κ2) is 15.6. The van der Waals surface area contributed by atoms with Crippen LogP contribution in [0.1, 0.15) is 46.6 Å². The zero-order valence-electron chi connectivity index (χ0n) is 25.3. The highest BCUT2D eigenvalue weighted by Gasteiger charge is 2.32. The molecule has 1 aliphatic heterocycles. The van der Waals surface area contributed by atoms with Crippen LogP contribution in [0.3, 0.4) is 0 Å². The molecule has 4 aromatic carbocycles. The lowest BCUT2D eigenvalue weighted by Gasteiger charge is -2.36.